The number of carbonyl (C=O) groups is 1. The fourth-order valence-corrected chi connectivity index (χ4v) is 4.12. The first-order chi connectivity index (χ1) is 14.9. The van der Waals surface area contributed by atoms with Gasteiger partial charge in [0.2, 0.25) is 0 Å². The molecule has 0 fully saturated rings. The molecule has 3 aromatic carbocycles. The Bertz CT molecular complexity index is 1340. The van der Waals surface area contributed by atoms with Crippen molar-refractivity contribution in [2.75, 3.05) is 10.0 Å². The summed E-state index contributed by atoms with van der Waals surface area (Å²) in [7, 11) is -4.04. The lowest BCUT2D eigenvalue weighted by Crippen LogP contribution is -2.15. The Kier molecular flexibility index (Phi) is 5.55. The lowest BCUT2D eigenvalue weighted by molar-refractivity contribution is 0.102. The minimum atomic E-state index is -4.04. The van der Waals surface area contributed by atoms with Crippen molar-refractivity contribution in [2.45, 2.75) is 4.90 Å². The van der Waals surface area contributed by atoms with Crippen molar-refractivity contribution in [1.29, 1.82) is 0 Å². The van der Waals surface area contributed by atoms with Crippen LogP contribution in [0.15, 0.2) is 102 Å². The molecule has 0 unspecified atom stereocenters. The molecule has 1 amide bonds. The van der Waals surface area contributed by atoms with E-state index in [1.807, 2.05) is 35.2 Å². The van der Waals surface area contributed by atoms with E-state index in [1.165, 1.54) is 36.4 Å². The van der Waals surface area contributed by atoms with Crippen LogP contribution in [0.25, 0.3) is 5.69 Å². The predicted molar refractivity (Wildman–Crippen MR) is 117 cm³/mol. The molecule has 4 aromatic rings. The van der Waals surface area contributed by atoms with E-state index in [0.717, 1.165) is 11.8 Å². The first-order valence-electron chi connectivity index (χ1n) is 9.34. The van der Waals surface area contributed by atoms with E-state index >= 15 is 0 Å². The molecule has 4 rings (SSSR count). The van der Waals surface area contributed by atoms with Gasteiger partial charge in [-0.2, -0.15) is 0 Å². The topological polar surface area (TPSA) is 80.2 Å². The van der Waals surface area contributed by atoms with Gasteiger partial charge < -0.3 is 9.88 Å². The number of amides is 1. The second-order valence-corrected chi connectivity index (χ2v) is 8.39. The van der Waals surface area contributed by atoms with Crippen molar-refractivity contribution < 1.29 is 17.6 Å². The molecule has 0 aliphatic heterocycles. The maximum atomic E-state index is 13.8. The van der Waals surface area contributed by atoms with Gasteiger partial charge in [0.05, 0.1) is 10.6 Å². The van der Waals surface area contributed by atoms with E-state index in [9.17, 15) is 17.6 Å². The first-order valence-corrected chi connectivity index (χ1v) is 10.8. The lowest BCUT2D eigenvalue weighted by atomic mass is 10.2. The molecule has 0 spiro atoms. The van der Waals surface area contributed by atoms with Crippen LogP contribution in [0.4, 0.5) is 15.8 Å². The van der Waals surface area contributed by atoms with Gasteiger partial charge in [0.1, 0.15) is 5.82 Å². The number of halogens is 1. The molecule has 0 saturated carbocycles. The molecule has 2 N–H and O–H groups in total. The molecule has 1 heterocycles. The largest absolute Gasteiger partial charge is 0.324 e. The summed E-state index contributed by atoms with van der Waals surface area (Å²) in [6, 6.07) is 22.1. The van der Waals surface area contributed by atoms with Crippen molar-refractivity contribution in [1.82, 2.24) is 4.57 Å². The van der Waals surface area contributed by atoms with Gasteiger partial charge in [-0.05, 0) is 60.7 Å². The fraction of sp³-hybridized carbons (Fsp3) is 0. The van der Waals surface area contributed by atoms with Crippen molar-refractivity contribution >= 4 is 27.3 Å². The monoisotopic (exact) mass is 435 g/mol. The van der Waals surface area contributed by atoms with Crippen LogP contribution < -0.4 is 10.0 Å². The molecule has 0 aliphatic rings. The summed E-state index contributed by atoms with van der Waals surface area (Å²) in [5.41, 5.74) is 1.39. The zero-order chi connectivity index (χ0) is 21.8. The fourth-order valence-electron chi connectivity index (χ4n) is 3.01. The van der Waals surface area contributed by atoms with E-state index in [0.29, 0.717) is 11.3 Å². The summed E-state index contributed by atoms with van der Waals surface area (Å²) in [6.07, 6.45) is 3.74. The zero-order valence-corrected chi connectivity index (χ0v) is 17.0. The smallest absolute Gasteiger partial charge is 0.262 e. The highest BCUT2D eigenvalue weighted by molar-refractivity contribution is 7.92. The summed E-state index contributed by atoms with van der Waals surface area (Å²) < 4.78 is 43.2. The van der Waals surface area contributed by atoms with Crippen LogP contribution in [-0.2, 0) is 10.0 Å². The maximum absolute atomic E-state index is 13.8. The van der Waals surface area contributed by atoms with Crippen molar-refractivity contribution in [2.24, 2.45) is 0 Å². The molecule has 6 nitrogen and oxygen atoms in total. The summed E-state index contributed by atoms with van der Waals surface area (Å²) in [4.78, 5) is 12.6. The van der Waals surface area contributed by atoms with Crippen molar-refractivity contribution in [3.8, 4) is 5.69 Å². The molecule has 0 saturated heterocycles. The Balaban J connectivity index is 1.54. The zero-order valence-electron chi connectivity index (χ0n) is 16.2. The van der Waals surface area contributed by atoms with E-state index in [4.69, 9.17) is 0 Å². The van der Waals surface area contributed by atoms with Crippen molar-refractivity contribution in [3.05, 3.63) is 109 Å². The van der Waals surface area contributed by atoms with E-state index in [-0.39, 0.29) is 16.5 Å². The van der Waals surface area contributed by atoms with Crippen LogP contribution in [0.2, 0.25) is 0 Å². The average Bonchev–Trinajstić information content (AvgIpc) is 3.31. The first kappa shape index (κ1) is 20.4. The quantitative estimate of drug-likeness (QED) is 0.462. The van der Waals surface area contributed by atoms with Gasteiger partial charge in [0.25, 0.3) is 15.9 Å². The van der Waals surface area contributed by atoms with Gasteiger partial charge in [-0.15, -0.1) is 0 Å². The molecule has 8 heteroatoms. The standard InChI is InChI=1S/C23H18FN3O3S/c24-21-11-1-2-12-22(21)26-31(29,30)20-10-6-8-18(16-20)25-23(28)17-7-5-9-19(15-17)27-13-3-4-14-27/h1-16,26H,(H,25,28). The molecular weight excluding hydrogens is 417 g/mol. The number of carbonyl (C=O) groups excluding carboxylic acids is 1. The van der Waals surface area contributed by atoms with Gasteiger partial charge in [0.15, 0.2) is 0 Å². The second kappa shape index (κ2) is 8.45. The summed E-state index contributed by atoms with van der Waals surface area (Å²) in [5, 5.41) is 2.70. The Hall–Kier alpha value is -3.91. The molecule has 1 aromatic heterocycles. The normalized spacial score (nSPS) is 11.1. The van der Waals surface area contributed by atoms with Crippen LogP contribution in [-0.4, -0.2) is 18.9 Å². The molecule has 0 atom stereocenters. The SMILES string of the molecule is O=C(Nc1cccc(S(=O)(=O)Nc2ccccc2F)c1)c1cccc(-n2cccc2)c1. The molecule has 0 bridgehead atoms. The Labute approximate surface area is 179 Å². The minimum Gasteiger partial charge on any atom is -0.324 e. The third-order valence-corrected chi connectivity index (χ3v) is 5.89. The number of anilines is 2. The van der Waals surface area contributed by atoms with Gasteiger partial charge in [-0.3, -0.25) is 9.52 Å². The molecule has 156 valence electrons. The molecule has 31 heavy (non-hydrogen) atoms. The van der Waals surface area contributed by atoms with Gasteiger partial charge in [-0.1, -0.05) is 24.3 Å². The Morgan fingerprint density at radius 1 is 0.839 bits per heavy atom. The number of para-hydroxylation sites is 1. The van der Waals surface area contributed by atoms with Gasteiger partial charge in [-0.25, -0.2) is 12.8 Å². The maximum Gasteiger partial charge on any atom is 0.262 e. The molecule has 0 radical (unpaired) electrons. The van der Waals surface area contributed by atoms with E-state index in [2.05, 4.69) is 10.0 Å². The molecule has 0 aliphatic carbocycles. The van der Waals surface area contributed by atoms with E-state index < -0.39 is 15.8 Å². The van der Waals surface area contributed by atoms with Gasteiger partial charge >= 0.3 is 0 Å². The highest BCUT2D eigenvalue weighted by atomic mass is 32.2. The number of hydrogen-bond acceptors (Lipinski definition) is 3. The summed E-state index contributed by atoms with van der Waals surface area (Å²) >= 11 is 0. The number of aromatic nitrogens is 1. The number of sulfonamides is 1. The van der Waals surface area contributed by atoms with Crippen LogP contribution >= 0.6 is 0 Å². The number of hydrogen-bond donors (Lipinski definition) is 2. The number of nitrogens with zero attached hydrogens (tertiary/aromatic N) is 1. The summed E-state index contributed by atoms with van der Waals surface area (Å²) in [6.45, 7) is 0. The van der Waals surface area contributed by atoms with Crippen LogP contribution in [0.3, 0.4) is 0 Å². The van der Waals surface area contributed by atoms with Gasteiger partial charge in [0, 0.05) is 29.3 Å². The van der Waals surface area contributed by atoms with Crippen LogP contribution in [0.5, 0.6) is 0 Å². The van der Waals surface area contributed by atoms with E-state index in [1.54, 1.807) is 24.3 Å². The number of rotatable bonds is 6. The highest BCUT2D eigenvalue weighted by Crippen LogP contribution is 2.22. The lowest BCUT2D eigenvalue weighted by Gasteiger charge is -2.11. The predicted octanol–water partition coefficient (Wildman–Crippen LogP) is 4.67. The molecular formula is C23H18FN3O3S. The average molecular weight is 435 g/mol. The third kappa shape index (κ3) is 4.65. The summed E-state index contributed by atoms with van der Waals surface area (Å²) in [5.74, 6) is -1.07. The minimum absolute atomic E-state index is 0.102. The second-order valence-electron chi connectivity index (χ2n) is 6.71. The van der Waals surface area contributed by atoms with Crippen LogP contribution in [0, 0.1) is 5.82 Å². The Morgan fingerprint density at radius 3 is 2.35 bits per heavy atom. The number of benzene rings is 3. The highest BCUT2D eigenvalue weighted by Gasteiger charge is 2.17. The Morgan fingerprint density at radius 2 is 1.58 bits per heavy atom. The number of nitrogens with one attached hydrogen (secondary N) is 2. The van der Waals surface area contributed by atoms with Crippen molar-refractivity contribution in [3.63, 3.8) is 0 Å². The third-order valence-electron chi connectivity index (χ3n) is 4.53. The van der Waals surface area contributed by atoms with Crippen LogP contribution in [0.1, 0.15) is 10.4 Å².